The van der Waals surface area contributed by atoms with Crippen LogP contribution in [0.4, 0.5) is 5.69 Å². The Kier molecular flexibility index (Phi) is 5.35. The molecule has 21 heavy (non-hydrogen) atoms. The van der Waals surface area contributed by atoms with Crippen molar-refractivity contribution in [3.63, 3.8) is 0 Å². The van der Waals surface area contributed by atoms with Gasteiger partial charge in [-0.15, -0.1) is 0 Å². The van der Waals surface area contributed by atoms with Crippen molar-refractivity contribution in [2.75, 3.05) is 12.4 Å². The van der Waals surface area contributed by atoms with E-state index in [0.717, 1.165) is 0 Å². The number of rotatable bonds is 4. The molecular formula is C16H23NO4. The normalized spacial score (nSPS) is 11.2. The van der Waals surface area contributed by atoms with Crippen LogP contribution in [0.5, 0.6) is 5.75 Å². The number of carbonyl (C=O) groups is 2. The minimum absolute atomic E-state index is 0.0663. The Morgan fingerprint density at radius 1 is 1.19 bits per heavy atom. The molecule has 1 amide bonds. The summed E-state index contributed by atoms with van der Waals surface area (Å²) < 4.78 is 10.3. The average Bonchev–Trinajstić information content (AvgIpc) is 2.37. The number of ether oxygens (including phenoxy) is 2. The third kappa shape index (κ3) is 4.77. The number of methoxy groups -OCH3 is 1. The van der Waals surface area contributed by atoms with Gasteiger partial charge >= 0.3 is 5.97 Å². The van der Waals surface area contributed by atoms with Crippen molar-refractivity contribution in [1.82, 2.24) is 0 Å². The van der Waals surface area contributed by atoms with Crippen LogP contribution in [0.25, 0.3) is 0 Å². The standard InChI is InChI=1S/C16H23NO4/c1-10(2)21-13-8-7-11(9-12(13)14(18)20-6)17-15(19)16(3,4)5/h7-10H,1-6H3,(H,17,19). The lowest BCUT2D eigenvalue weighted by molar-refractivity contribution is -0.123. The average molecular weight is 293 g/mol. The van der Waals surface area contributed by atoms with E-state index in [9.17, 15) is 9.59 Å². The van der Waals surface area contributed by atoms with Gasteiger partial charge in [0.25, 0.3) is 0 Å². The fraction of sp³-hybridized carbons (Fsp3) is 0.500. The molecule has 116 valence electrons. The van der Waals surface area contributed by atoms with Gasteiger partial charge in [-0.1, -0.05) is 20.8 Å². The van der Waals surface area contributed by atoms with Crippen LogP contribution in [-0.2, 0) is 9.53 Å². The van der Waals surface area contributed by atoms with Crippen LogP contribution in [0.2, 0.25) is 0 Å². The van der Waals surface area contributed by atoms with Crippen molar-refractivity contribution in [2.45, 2.75) is 40.7 Å². The van der Waals surface area contributed by atoms with E-state index >= 15 is 0 Å². The number of hydrogen-bond acceptors (Lipinski definition) is 4. The molecule has 0 aliphatic heterocycles. The molecule has 1 rings (SSSR count). The van der Waals surface area contributed by atoms with E-state index in [1.54, 1.807) is 18.2 Å². The molecule has 0 bridgehead atoms. The Morgan fingerprint density at radius 3 is 2.29 bits per heavy atom. The van der Waals surface area contributed by atoms with Crippen LogP contribution in [-0.4, -0.2) is 25.1 Å². The van der Waals surface area contributed by atoms with Gasteiger partial charge in [-0.25, -0.2) is 4.79 Å². The van der Waals surface area contributed by atoms with E-state index < -0.39 is 11.4 Å². The van der Waals surface area contributed by atoms with Crippen molar-refractivity contribution in [1.29, 1.82) is 0 Å². The molecule has 5 heteroatoms. The smallest absolute Gasteiger partial charge is 0.341 e. The van der Waals surface area contributed by atoms with Gasteiger partial charge in [-0.2, -0.15) is 0 Å². The summed E-state index contributed by atoms with van der Waals surface area (Å²) in [7, 11) is 1.31. The first-order valence-corrected chi connectivity index (χ1v) is 6.85. The van der Waals surface area contributed by atoms with E-state index in [-0.39, 0.29) is 17.6 Å². The van der Waals surface area contributed by atoms with Crippen molar-refractivity contribution < 1.29 is 19.1 Å². The van der Waals surface area contributed by atoms with Gasteiger partial charge in [-0.3, -0.25) is 4.79 Å². The monoisotopic (exact) mass is 293 g/mol. The molecule has 0 saturated carbocycles. The summed E-state index contributed by atoms with van der Waals surface area (Å²) in [4.78, 5) is 23.8. The second kappa shape index (κ2) is 6.61. The second-order valence-electron chi connectivity index (χ2n) is 6.07. The second-order valence-corrected chi connectivity index (χ2v) is 6.07. The molecule has 0 aliphatic carbocycles. The van der Waals surface area contributed by atoms with Gasteiger partial charge in [0.15, 0.2) is 0 Å². The summed E-state index contributed by atoms with van der Waals surface area (Å²) in [5, 5.41) is 2.78. The number of hydrogen-bond donors (Lipinski definition) is 1. The highest BCUT2D eigenvalue weighted by molar-refractivity contribution is 5.98. The Hall–Kier alpha value is -2.04. The van der Waals surface area contributed by atoms with Crippen LogP contribution >= 0.6 is 0 Å². The first-order chi connectivity index (χ1) is 9.65. The SMILES string of the molecule is COC(=O)c1cc(NC(=O)C(C)(C)C)ccc1OC(C)C. The van der Waals surface area contributed by atoms with Gasteiger partial charge in [0, 0.05) is 11.1 Å². The first kappa shape index (κ1) is 17.0. The predicted molar refractivity (Wildman–Crippen MR) is 81.6 cm³/mol. The number of carbonyl (C=O) groups excluding carboxylic acids is 2. The molecule has 0 spiro atoms. The van der Waals surface area contributed by atoms with E-state index in [1.165, 1.54) is 7.11 Å². The molecule has 0 aromatic heterocycles. The highest BCUT2D eigenvalue weighted by Gasteiger charge is 2.22. The number of nitrogens with one attached hydrogen (secondary N) is 1. The predicted octanol–water partition coefficient (Wildman–Crippen LogP) is 3.25. The lowest BCUT2D eigenvalue weighted by Crippen LogP contribution is -2.27. The fourth-order valence-corrected chi connectivity index (χ4v) is 1.55. The van der Waals surface area contributed by atoms with E-state index in [2.05, 4.69) is 5.32 Å². The Labute approximate surface area is 125 Å². The number of benzene rings is 1. The minimum Gasteiger partial charge on any atom is -0.490 e. The number of amides is 1. The van der Waals surface area contributed by atoms with E-state index in [0.29, 0.717) is 11.4 Å². The molecule has 0 atom stereocenters. The number of anilines is 1. The number of esters is 1. The van der Waals surface area contributed by atoms with Crippen molar-refractivity contribution in [2.24, 2.45) is 5.41 Å². The zero-order valence-corrected chi connectivity index (χ0v) is 13.4. The fourth-order valence-electron chi connectivity index (χ4n) is 1.55. The van der Waals surface area contributed by atoms with Crippen LogP contribution in [0.15, 0.2) is 18.2 Å². The van der Waals surface area contributed by atoms with Gasteiger partial charge in [0.1, 0.15) is 11.3 Å². The van der Waals surface area contributed by atoms with E-state index in [1.807, 2.05) is 34.6 Å². The lowest BCUT2D eigenvalue weighted by Gasteiger charge is -2.19. The highest BCUT2D eigenvalue weighted by Crippen LogP contribution is 2.26. The van der Waals surface area contributed by atoms with Crippen molar-refractivity contribution in [3.05, 3.63) is 23.8 Å². The molecule has 0 aliphatic rings. The quantitative estimate of drug-likeness (QED) is 0.865. The molecule has 0 fully saturated rings. The van der Waals surface area contributed by atoms with Crippen molar-refractivity contribution in [3.8, 4) is 5.75 Å². The lowest BCUT2D eigenvalue weighted by atomic mass is 9.95. The molecule has 0 saturated heterocycles. The minimum atomic E-state index is -0.515. The van der Waals surface area contributed by atoms with E-state index in [4.69, 9.17) is 9.47 Å². The van der Waals surface area contributed by atoms with Gasteiger partial charge in [0.05, 0.1) is 13.2 Å². The Bertz CT molecular complexity index is 530. The molecule has 0 unspecified atom stereocenters. The van der Waals surface area contributed by atoms with Gasteiger partial charge < -0.3 is 14.8 Å². The maximum Gasteiger partial charge on any atom is 0.341 e. The molecule has 1 aromatic carbocycles. The molecule has 0 radical (unpaired) electrons. The first-order valence-electron chi connectivity index (χ1n) is 6.85. The zero-order valence-electron chi connectivity index (χ0n) is 13.4. The maximum atomic E-state index is 12.0. The molecule has 5 nitrogen and oxygen atoms in total. The van der Waals surface area contributed by atoms with Crippen LogP contribution in [0.3, 0.4) is 0 Å². The Morgan fingerprint density at radius 2 is 1.81 bits per heavy atom. The summed E-state index contributed by atoms with van der Waals surface area (Å²) >= 11 is 0. The molecule has 0 heterocycles. The maximum absolute atomic E-state index is 12.0. The zero-order chi connectivity index (χ0) is 16.2. The molecule has 1 aromatic rings. The van der Waals surface area contributed by atoms with Gasteiger partial charge in [-0.05, 0) is 32.0 Å². The van der Waals surface area contributed by atoms with Crippen molar-refractivity contribution >= 4 is 17.6 Å². The summed E-state index contributed by atoms with van der Waals surface area (Å²) in [6.45, 7) is 9.20. The summed E-state index contributed by atoms with van der Waals surface area (Å²) in [6, 6.07) is 4.92. The van der Waals surface area contributed by atoms with Crippen LogP contribution < -0.4 is 10.1 Å². The highest BCUT2D eigenvalue weighted by atomic mass is 16.5. The summed E-state index contributed by atoms with van der Waals surface area (Å²) in [5.74, 6) is -0.195. The molecular weight excluding hydrogens is 270 g/mol. The topological polar surface area (TPSA) is 64.6 Å². The molecule has 1 N–H and O–H groups in total. The largest absolute Gasteiger partial charge is 0.490 e. The van der Waals surface area contributed by atoms with Crippen LogP contribution in [0.1, 0.15) is 45.0 Å². The van der Waals surface area contributed by atoms with Gasteiger partial charge in [0.2, 0.25) is 5.91 Å². The van der Waals surface area contributed by atoms with Crippen LogP contribution in [0, 0.1) is 5.41 Å². The third-order valence-corrected chi connectivity index (χ3v) is 2.69. The summed E-state index contributed by atoms with van der Waals surface area (Å²) in [6.07, 6.45) is -0.0663. The summed E-state index contributed by atoms with van der Waals surface area (Å²) in [5.41, 5.74) is 0.308. The third-order valence-electron chi connectivity index (χ3n) is 2.69. The Balaban J connectivity index is 3.10.